The standard InChI is InChI=1S/C12H15NO2/c1-9(2)8-13-12(15)7-10-5-3-4-6-11(10)14/h3-6,14H,1,7-8H2,2H3,(H,13,15). The summed E-state index contributed by atoms with van der Waals surface area (Å²) in [6.45, 7) is 6.01. The molecule has 1 amide bonds. The van der Waals surface area contributed by atoms with E-state index in [2.05, 4.69) is 11.9 Å². The molecule has 2 N–H and O–H groups in total. The third kappa shape index (κ3) is 3.85. The molecule has 1 aromatic rings. The molecule has 0 spiro atoms. The molecule has 1 rings (SSSR count). The molecule has 0 radical (unpaired) electrons. The van der Waals surface area contributed by atoms with Crippen molar-refractivity contribution in [2.75, 3.05) is 6.54 Å². The molecule has 0 saturated carbocycles. The lowest BCUT2D eigenvalue weighted by Crippen LogP contribution is -2.26. The number of amides is 1. The van der Waals surface area contributed by atoms with Gasteiger partial charge in [0.15, 0.2) is 0 Å². The number of hydrogen-bond donors (Lipinski definition) is 2. The number of para-hydroxylation sites is 1. The Labute approximate surface area is 89.4 Å². The van der Waals surface area contributed by atoms with E-state index in [0.717, 1.165) is 5.57 Å². The van der Waals surface area contributed by atoms with Gasteiger partial charge in [-0.15, -0.1) is 0 Å². The topological polar surface area (TPSA) is 49.3 Å². The van der Waals surface area contributed by atoms with Crippen molar-refractivity contribution in [1.29, 1.82) is 0 Å². The number of carbonyl (C=O) groups excluding carboxylic acids is 1. The number of aromatic hydroxyl groups is 1. The van der Waals surface area contributed by atoms with Crippen LogP contribution < -0.4 is 5.32 Å². The van der Waals surface area contributed by atoms with Crippen molar-refractivity contribution < 1.29 is 9.90 Å². The number of phenolic OH excluding ortho intramolecular Hbond substituents is 1. The maximum absolute atomic E-state index is 11.4. The van der Waals surface area contributed by atoms with Crippen LogP contribution in [0, 0.1) is 0 Å². The smallest absolute Gasteiger partial charge is 0.224 e. The molecule has 0 bridgehead atoms. The first-order valence-electron chi connectivity index (χ1n) is 4.77. The van der Waals surface area contributed by atoms with Gasteiger partial charge in [-0.25, -0.2) is 0 Å². The molecule has 0 atom stereocenters. The van der Waals surface area contributed by atoms with Gasteiger partial charge in [0.2, 0.25) is 5.91 Å². The van der Waals surface area contributed by atoms with Gasteiger partial charge in [-0.1, -0.05) is 30.4 Å². The van der Waals surface area contributed by atoms with Crippen molar-refractivity contribution in [2.24, 2.45) is 0 Å². The largest absolute Gasteiger partial charge is 0.508 e. The first-order valence-corrected chi connectivity index (χ1v) is 4.77. The molecule has 1 aromatic carbocycles. The molecule has 3 heteroatoms. The second-order valence-corrected chi connectivity index (χ2v) is 3.54. The lowest BCUT2D eigenvalue weighted by Gasteiger charge is -2.05. The zero-order valence-corrected chi connectivity index (χ0v) is 8.79. The highest BCUT2D eigenvalue weighted by molar-refractivity contribution is 5.79. The van der Waals surface area contributed by atoms with Gasteiger partial charge >= 0.3 is 0 Å². The van der Waals surface area contributed by atoms with Crippen LogP contribution in [-0.2, 0) is 11.2 Å². The van der Waals surface area contributed by atoms with Crippen molar-refractivity contribution in [3.05, 3.63) is 42.0 Å². The van der Waals surface area contributed by atoms with E-state index in [1.807, 2.05) is 6.92 Å². The summed E-state index contributed by atoms with van der Waals surface area (Å²) in [6, 6.07) is 6.82. The van der Waals surface area contributed by atoms with Gasteiger partial charge in [0.1, 0.15) is 5.75 Å². The fourth-order valence-corrected chi connectivity index (χ4v) is 1.15. The predicted molar refractivity (Wildman–Crippen MR) is 59.6 cm³/mol. The molecule has 0 aliphatic carbocycles. The van der Waals surface area contributed by atoms with Crippen LogP contribution >= 0.6 is 0 Å². The van der Waals surface area contributed by atoms with Gasteiger partial charge in [0.05, 0.1) is 6.42 Å². The van der Waals surface area contributed by atoms with Gasteiger partial charge in [-0.3, -0.25) is 4.79 Å². The van der Waals surface area contributed by atoms with E-state index in [0.29, 0.717) is 12.1 Å². The minimum atomic E-state index is -0.112. The average molecular weight is 205 g/mol. The number of rotatable bonds is 4. The van der Waals surface area contributed by atoms with Crippen LogP contribution in [0.25, 0.3) is 0 Å². The average Bonchev–Trinajstić information content (AvgIpc) is 2.18. The summed E-state index contributed by atoms with van der Waals surface area (Å²) < 4.78 is 0. The van der Waals surface area contributed by atoms with Gasteiger partial charge in [-0.2, -0.15) is 0 Å². The number of phenols is 1. The van der Waals surface area contributed by atoms with E-state index in [4.69, 9.17) is 0 Å². The Kier molecular flexibility index (Phi) is 3.92. The fourth-order valence-electron chi connectivity index (χ4n) is 1.15. The highest BCUT2D eigenvalue weighted by Gasteiger charge is 2.05. The Morgan fingerprint density at radius 2 is 2.13 bits per heavy atom. The Hall–Kier alpha value is -1.77. The molecule has 80 valence electrons. The molecule has 0 unspecified atom stereocenters. The van der Waals surface area contributed by atoms with Crippen LogP contribution in [0.3, 0.4) is 0 Å². The van der Waals surface area contributed by atoms with Crippen LogP contribution in [-0.4, -0.2) is 17.6 Å². The Bertz CT molecular complexity index is 372. The first kappa shape index (κ1) is 11.3. The number of benzene rings is 1. The van der Waals surface area contributed by atoms with E-state index < -0.39 is 0 Å². The van der Waals surface area contributed by atoms with E-state index in [-0.39, 0.29) is 18.1 Å². The summed E-state index contributed by atoms with van der Waals surface area (Å²) in [5.74, 6) is 0.0440. The van der Waals surface area contributed by atoms with Crippen LogP contribution in [0.4, 0.5) is 0 Å². The zero-order chi connectivity index (χ0) is 11.3. The van der Waals surface area contributed by atoms with Crippen LogP contribution in [0.15, 0.2) is 36.4 Å². The molecule has 3 nitrogen and oxygen atoms in total. The van der Waals surface area contributed by atoms with E-state index >= 15 is 0 Å². The normalized spacial score (nSPS) is 9.67. The molecule has 0 aromatic heterocycles. The quantitative estimate of drug-likeness (QED) is 0.734. The third-order valence-corrected chi connectivity index (χ3v) is 1.93. The van der Waals surface area contributed by atoms with Gasteiger partial charge in [-0.05, 0) is 13.0 Å². The molecular formula is C12H15NO2. The number of hydrogen-bond acceptors (Lipinski definition) is 2. The monoisotopic (exact) mass is 205 g/mol. The summed E-state index contributed by atoms with van der Waals surface area (Å²) in [6.07, 6.45) is 0.194. The summed E-state index contributed by atoms with van der Waals surface area (Å²) in [4.78, 5) is 11.4. The van der Waals surface area contributed by atoms with Crippen molar-refractivity contribution >= 4 is 5.91 Å². The maximum atomic E-state index is 11.4. The minimum absolute atomic E-state index is 0.112. The maximum Gasteiger partial charge on any atom is 0.224 e. The fraction of sp³-hybridized carbons (Fsp3) is 0.250. The third-order valence-electron chi connectivity index (χ3n) is 1.93. The van der Waals surface area contributed by atoms with E-state index in [9.17, 15) is 9.90 Å². The van der Waals surface area contributed by atoms with E-state index in [1.54, 1.807) is 24.3 Å². The molecule has 0 aliphatic rings. The zero-order valence-electron chi connectivity index (χ0n) is 8.79. The lowest BCUT2D eigenvalue weighted by molar-refractivity contribution is -0.120. The summed E-state index contributed by atoms with van der Waals surface area (Å²) in [5, 5.41) is 12.1. The first-order chi connectivity index (χ1) is 7.09. The Morgan fingerprint density at radius 3 is 2.73 bits per heavy atom. The lowest BCUT2D eigenvalue weighted by atomic mass is 10.1. The summed E-state index contributed by atoms with van der Waals surface area (Å²) in [5.41, 5.74) is 1.54. The molecule has 0 aliphatic heterocycles. The van der Waals surface area contributed by atoms with Crippen LogP contribution in [0.2, 0.25) is 0 Å². The van der Waals surface area contributed by atoms with Crippen molar-refractivity contribution in [2.45, 2.75) is 13.3 Å². The Morgan fingerprint density at radius 1 is 1.47 bits per heavy atom. The second kappa shape index (κ2) is 5.20. The molecule has 15 heavy (non-hydrogen) atoms. The van der Waals surface area contributed by atoms with Crippen molar-refractivity contribution in [3.8, 4) is 5.75 Å². The van der Waals surface area contributed by atoms with Crippen LogP contribution in [0.1, 0.15) is 12.5 Å². The molecule has 0 heterocycles. The molecule has 0 fully saturated rings. The molecule has 0 saturated heterocycles. The van der Waals surface area contributed by atoms with Gasteiger partial charge in [0, 0.05) is 12.1 Å². The SMILES string of the molecule is C=C(C)CNC(=O)Cc1ccccc1O. The van der Waals surface area contributed by atoms with E-state index in [1.165, 1.54) is 0 Å². The highest BCUT2D eigenvalue weighted by Crippen LogP contribution is 2.15. The predicted octanol–water partition coefficient (Wildman–Crippen LogP) is 1.63. The Balaban J connectivity index is 2.52. The summed E-state index contributed by atoms with van der Waals surface area (Å²) >= 11 is 0. The van der Waals surface area contributed by atoms with Crippen molar-refractivity contribution in [1.82, 2.24) is 5.32 Å². The van der Waals surface area contributed by atoms with Gasteiger partial charge < -0.3 is 10.4 Å². The van der Waals surface area contributed by atoms with Crippen molar-refractivity contribution in [3.63, 3.8) is 0 Å². The molecular weight excluding hydrogens is 190 g/mol. The summed E-state index contributed by atoms with van der Waals surface area (Å²) in [7, 11) is 0. The number of nitrogens with one attached hydrogen (secondary N) is 1. The minimum Gasteiger partial charge on any atom is -0.508 e. The number of carbonyl (C=O) groups is 1. The van der Waals surface area contributed by atoms with Gasteiger partial charge in [0.25, 0.3) is 0 Å². The van der Waals surface area contributed by atoms with Crippen LogP contribution in [0.5, 0.6) is 5.75 Å². The highest BCUT2D eigenvalue weighted by atomic mass is 16.3. The second-order valence-electron chi connectivity index (χ2n) is 3.54.